The van der Waals surface area contributed by atoms with Crippen LogP contribution in [0.15, 0.2) is 44.8 Å². The molecule has 3 heteroatoms. The normalized spacial score (nSPS) is 22.9. The fraction of sp³-hybridized carbons (Fsp3) is 0.350. The molecule has 0 aromatic carbocycles. The average molecular weight is 343 g/mol. The SMILES string of the molecule is CC(C)(C)C1C/C(=C/c2ccsc2)C(=O)/C(=C/c2ccsc2)C1. The standard InChI is InChI=1S/C20H22OS2/c1-20(2,3)18-10-16(8-14-4-6-22-12-14)19(21)17(11-18)9-15-5-7-23-13-15/h4-9,12-13,18H,10-11H2,1-3H3/b16-8-,17-9+. The topological polar surface area (TPSA) is 17.1 Å². The maximum Gasteiger partial charge on any atom is 0.185 e. The Morgan fingerprint density at radius 2 is 1.43 bits per heavy atom. The molecule has 2 aromatic rings. The molecule has 0 spiro atoms. The second-order valence-corrected chi connectivity index (χ2v) is 8.81. The van der Waals surface area contributed by atoms with Gasteiger partial charge in [-0.05, 0) is 81.1 Å². The molecule has 2 heterocycles. The minimum atomic E-state index is 0.197. The van der Waals surface area contributed by atoms with Gasteiger partial charge in [-0.15, -0.1) is 0 Å². The third kappa shape index (κ3) is 3.91. The molecule has 0 amide bonds. The van der Waals surface area contributed by atoms with E-state index in [0.717, 1.165) is 35.1 Å². The van der Waals surface area contributed by atoms with Crippen molar-refractivity contribution in [1.29, 1.82) is 0 Å². The third-order valence-corrected chi connectivity index (χ3v) is 5.91. The van der Waals surface area contributed by atoms with Gasteiger partial charge < -0.3 is 0 Å². The molecule has 1 fully saturated rings. The Hall–Kier alpha value is -1.45. The minimum Gasteiger partial charge on any atom is -0.289 e. The lowest BCUT2D eigenvalue weighted by atomic mass is 9.68. The van der Waals surface area contributed by atoms with Gasteiger partial charge in [0.2, 0.25) is 0 Å². The van der Waals surface area contributed by atoms with E-state index in [-0.39, 0.29) is 11.2 Å². The van der Waals surface area contributed by atoms with Gasteiger partial charge in [0.15, 0.2) is 5.78 Å². The smallest absolute Gasteiger partial charge is 0.185 e. The first-order chi connectivity index (χ1) is 10.9. The zero-order chi connectivity index (χ0) is 16.4. The number of carbonyl (C=O) groups is 1. The average Bonchev–Trinajstić information content (AvgIpc) is 3.15. The van der Waals surface area contributed by atoms with E-state index in [0.29, 0.717) is 5.92 Å². The highest BCUT2D eigenvalue weighted by molar-refractivity contribution is 7.08. The zero-order valence-electron chi connectivity index (χ0n) is 13.8. The summed E-state index contributed by atoms with van der Waals surface area (Å²) in [4.78, 5) is 12.9. The van der Waals surface area contributed by atoms with Crippen LogP contribution in [0.3, 0.4) is 0 Å². The summed E-state index contributed by atoms with van der Waals surface area (Å²) in [5.41, 5.74) is 4.39. The fourth-order valence-electron chi connectivity index (χ4n) is 2.97. The monoisotopic (exact) mass is 342 g/mol. The van der Waals surface area contributed by atoms with Crippen molar-refractivity contribution >= 4 is 40.6 Å². The number of hydrogen-bond acceptors (Lipinski definition) is 3. The van der Waals surface area contributed by atoms with Gasteiger partial charge in [-0.2, -0.15) is 22.7 Å². The van der Waals surface area contributed by atoms with Crippen molar-refractivity contribution < 1.29 is 4.79 Å². The highest BCUT2D eigenvalue weighted by atomic mass is 32.1. The number of rotatable bonds is 2. The lowest BCUT2D eigenvalue weighted by Crippen LogP contribution is -2.29. The van der Waals surface area contributed by atoms with Crippen molar-refractivity contribution in [3.8, 4) is 0 Å². The Morgan fingerprint density at radius 3 is 1.78 bits per heavy atom. The summed E-state index contributed by atoms with van der Waals surface area (Å²) in [5, 5.41) is 8.32. The van der Waals surface area contributed by atoms with Crippen LogP contribution in [0, 0.1) is 11.3 Å². The number of Topliss-reactive ketones (excluding diaryl/α,β-unsaturated/α-hetero) is 1. The second kappa shape index (κ2) is 6.58. The van der Waals surface area contributed by atoms with Crippen LogP contribution >= 0.6 is 22.7 Å². The summed E-state index contributed by atoms with van der Waals surface area (Å²) in [7, 11) is 0. The van der Waals surface area contributed by atoms with E-state index in [4.69, 9.17) is 0 Å². The van der Waals surface area contributed by atoms with Gasteiger partial charge in [0.05, 0.1) is 0 Å². The van der Waals surface area contributed by atoms with Crippen LogP contribution in [-0.4, -0.2) is 5.78 Å². The lowest BCUT2D eigenvalue weighted by molar-refractivity contribution is -0.113. The molecule has 2 aromatic heterocycles. The van der Waals surface area contributed by atoms with E-state index in [9.17, 15) is 4.79 Å². The molecule has 1 nitrogen and oxygen atoms in total. The molecule has 0 N–H and O–H groups in total. The Kier molecular flexibility index (Phi) is 4.69. The van der Waals surface area contributed by atoms with Crippen molar-refractivity contribution in [2.45, 2.75) is 33.6 Å². The van der Waals surface area contributed by atoms with Crippen molar-refractivity contribution in [2.75, 3.05) is 0 Å². The molecule has 0 saturated heterocycles. The minimum absolute atomic E-state index is 0.197. The summed E-state index contributed by atoms with van der Waals surface area (Å²) in [6.45, 7) is 6.83. The number of ketones is 1. The van der Waals surface area contributed by atoms with Crippen molar-refractivity contribution in [2.24, 2.45) is 11.3 Å². The maximum atomic E-state index is 12.9. The lowest BCUT2D eigenvalue weighted by Gasteiger charge is -2.35. The van der Waals surface area contributed by atoms with Gasteiger partial charge in [-0.1, -0.05) is 20.8 Å². The molecule has 0 radical (unpaired) electrons. The molecule has 120 valence electrons. The maximum absolute atomic E-state index is 12.9. The molecule has 0 bridgehead atoms. The van der Waals surface area contributed by atoms with E-state index in [1.165, 1.54) is 0 Å². The van der Waals surface area contributed by atoms with E-state index >= 15 is 0 Å². The van der Waals surface area contributed by atoms with Crippen LogP contribution in [0.5, 0.6) is 0 Å². The summed E-state index contributed by atoms with van der Waals surface area (Å²) >= 11 is 3.34. The highest BCUT2D eigenvalue weighted by Crippen LogP contribution is 2.42. The van der Waals surface area contributed by atoms with Gasteiger partial charge in [0.1, 0.15) is 0 Å². The molecule has 1 saturated carbocycles. The number of allylic oxidation sites excluding steroid dienone is 2. The van der Waals surface area contributed by atoms with Gasteiger partial charge in [0.25, 0.3) is 0 Å². The summed E-state index contributed by atoms with van der Waals surface area (Å²) in [6, 6.07) is 4.15. The summed E-state index contributed by atoms with van der Waals surface area (Å²) < 4.78 is 0. The number of hydrogen-bond donors (Lipinski definition) is 0. The quantitative estimate of drug-likeness (QED) is 0.585. The van der Waals surface area contributed by atoms with Crippen LogP contribution in [-0.2, 0) is 4.79 Å². The van der Waals surface area contributed by atoms with Crippen LogP contribution < -0.4 is 0 Å². The van der Waals surface area contributed by atoms with E-state index in [1.807, 2.05) is 0 Å². The Morgan fingerprint density at radius 1 is 0.957 bits per heavy atom. The molecular weight excluding hydrogens is 320 g/mol. The second-order valence-electron chi connectivity index (χ2n) is 7.25. The Labute approximate surface area is 146 Å². The van der Waals surface area contributed by atoms with E-state index in [2.05, 4.69) is 66.6 Å². The van der Waals surface area contributed by atoms with Crippen LogP contribution in [0.4, 0.5) is 0 Å². The Bertz CT molecular complexity index is 669. The summed E-state index contributed by atoms with van der Waals surface area (Å²) in [5.74, 6) is 0.720. The predicted octanol–water partition coefficient (Wildman–Crippen LogP) is 6.30. The van der Waals surface area contributed by atoms with Gasteiger partial charge >= 0.3 is 0 Å². The van der Waals surface area contributed by atoms with E-state index < -0.39 is 0 Å². The Balaban J connectivity index is 1.98. The number of carbonyl (C=O) groups excluding carboxylic acids is 1. The fourth-order valence-corrected chi connectivity index (χ4v) is 4.21. The summed E-state index contributed by atoms with van der Waals surface area (Å²) in [6.07, 6.45) is 5.91. The molecular formula is C20H22OS2. The first-order valence-electron chi connectivity index (χ1n) is 7.94. The van der Waals surface area contributed by atoms with Crippen molar-refractivity contribution in [1.82, 2.24) is 0 Å². The van der Waals surface area contributed by atoms with Gasteiger partial charge in [-0.3, -0.25) is 4.79 Å². The van der Waals surface area contributed by atoms with E-state index in [1.54, 1.807) is 22.7 Å². The molecule has 1 atom stereocenters. The van der Waals surface area contributed by atoms with Crippen LogP contribution in [0.1, 0.15) is 44.7 Å². The molecule has 1 aliphatic rings. The zero-order valence-corrected chi connectivity index (χ0v) is 15.5. The first-order valence-corrected chi connectivity index (χ1v) is 9.82. The highest BCUT2D eigenvalue weighted by Gasteiger charge is 2.34. The van der Waals surface area contributed by atoms with Gasteiger partial charge in [0, 0.05) is 11.1 Å². The third-order valence-electron chi connectivity index (χ3n) is 4.51. The molecule has 23 heavy (non-hydrogen) atoms. The molecule has 3 rings (SSSR count). The van der Waals surface area contributed by atoms with Gasteiger partial charge in [-0.25, -0.2) is 0 Å². The largest absolute Gasteiger partial charge is 0.289 e. The molecule has 0 aliphatic heterocycles. The number of thiophene rings is 2. The predicted molar refractivity (Wildman–Crippen MR) is 102 cm³/mol. The van der Waals surface area contributed by atoms with Crippen LogP contribution in [0.25, 0.3) is 12.2 Å². The molecule has 1 aliphatic carbocycles. The van der Waals surface area contributed by atoms with Crippen molar-refractivity contribution in [3.63, 3.8) is 0 Å². The van der Waals surface area contributed by atoms with Crippen molar-refractivity contribution in [3.05, 3.63) is 55.9 Å². The first kappa shape index (κ1) is 16.4. The molecule has 1 unspecified atom stereocenters. The van der Waals surface area contributed by atoms with Crippen LogP contribution in [0.2, 0.25) is 0 Å².